The summed E-state index contributed by atoms with van der Waals surface area (Å²) in [4.78, 5) is 0. The summed E-state index contributed by atoms with van der Waals surface area (Å²) < 4.78 is 6.14. The highest BCUT2D eigenvalue weighted by molar-refractivity contribution is 5.85. The van der Waals surface area contributed by atoms with E-state index in [2.05, 4.69) is 84.2 Å². The van der Waals surface area contributed by atoms with Crippen LogP contribution in [0.5, 0.6) is 5.75 Å². The minimum Gasteiger partial charge on any atom is -0.493 e. The first-order valence-electron chi connectivity index (χ1n) is 9.34. The highest BCUT2D eigenvalue weighted by Gasteiger charge is 2.31. The molecular weight excluding hydrogens is 354 g/mol. The van der Waals surface area contributed by atoms with Crippen molar-refractivity contribution in [2.24, 2.45) is 0 Å². The first-order chi connectivity index (χ1) is 12.8. The molecule has 140 valence electrons. The molecular formula is C24H26ClNO. The molecule has 0 spiro atoms. The van der Waals surface area contributed by atoms with Crippen molar-refractivity contribution in [3.05, 3.63) is 101 Å². The molecule has 0 saturated carbocycles. The normalized spacial score (nSPS) is 17.8. The van der Waals surface area contributed by atoms with Crippen molar-refractivity contribution in [2.75, 3.05) is 13.7 Å². The Kier molecular flexibility index (Phi) is 6.54. The molecule has 2 atom stereocenters. The first-order valence-corrected chi connectivity index (χ1v) is 9.34. The van der Waals surface area contributed by atoms with Gasteiger partial charge in [-0.3, -0.25) is 0 Å². The number of halogens is 1. The summed E-state index contributed by atoms with van der Waals surface area (Å²) in [5.74, 6) is 1.35. The van der Waals surface area contributed by atoms with Gasteiger partial charge < -0.3 is 10.1 Å². The molecule has 3 aromatic carbocycles. The minimum atomic E-state index is 0. The van der Waals surface area contributed by atoms with E-state index in [4.69, 9.17) is 4.74 Å². The van der Waals surface area contributed by atoms with Crippen molar-refractivity contribution in [2.45, 2.75) is 24.8 Å². The van der Waals surface area contributed by atoms with Crippen LogP contribution < -0.4 is 10.1 Å². The molecule has 0 radical (unpaired) electrons. The van der Waals surface area contributed by atoms with Gasteiger partial charge in [0.2, 0.25) is 0 Å². The van der Waals surface area contributed by atoms with Gasteiger partial charge in [-0.1, -0.05) is 66.7 Å². The van der Waals surface area contributed by atoms with Gasteiger partial charge in [-0.05, 0) is 54.3 Å². The number of rotatable bonds is 6. The van der Waals surface area contributed by atoms with Crippen LogP contribution in [0.2, 0.25) is 0 Å². The third kappa shape index (κ3) is 4.52. The summed E-state index contributed by atoms with van der Waals surface area (Å²) in [6, 6.07) is 28.3. The molecule has 3 aromatic rings. The van der Waals surface area contributed by atoms with Crippen molar-refractivity contribution in [1.29, 1.82) is 0 Å². The standard InChI is InChI=1S/C24H25NO.ClH/c1-25-24-16-20-9-5-6-10-22(20)23(24)17-26-21-13-11-19(12-14-21)15-18-7-3-2-4-8-18;/h2-14,23-25H,15-17H2,1H3;1H/t23-,24+;/m1./s1. The molecule has 0 amide bonds. The molecule has 0 saturated heterocycles. The first kappa shape index (κ1) is 19.5. The SMILES string of the molecule is CN[C@H]1Cc2ccccc2[C@H]1COc1ccc(Cc2ccccc2)cc1.Cl. The third-order valence-electron chi connectivity index (χ3n) is 5.35. The molecule has 0 aromatic heterocycles. The highest BCUT2D eigenvalue weighted by Crippen LogP contribution is 2.33. The monoisotopic (exact) mass is 379 g/mol. The molecule has 27 heavy (non-hydrogen) atoms. The van der Waals surface area contributed by atoms with Crippen molar-refractivity contribution >= 4 is 12.4 Å². The third-order valence-corrected chi connectivity index (χ3v) is 5.35. The van der Waals surface area contributed by atoms with E-state index < -0.39 is 0 Å². The fraction of sp³-hybridized carbons (Fsp3) is 0.250. The van der Waals surface area contributed by atoms with Gasteiger partial charge in [0.1, 0.15) is 5.75 Å². The van der Waals surface area contributed by atoms with E-state index in [1.54, 1.807) is 0 Å². The van der Waals surface area contributed by atoms with Crippen LogP contribution in [0, 0.1) is 0 Å². The number of likely N-dealkylation sites (N-methyl/N-ethyl adjacent to an activating group) is 1. The fourth-order valence-corrected chi connectivity index (χ4v) is 3.91. The lowest BCUT2D eigenvalue weighted by Gasteiger charge is -2.20. The number of hydrogen-bond donors (Lipinski definition) is 1. The van der Waals surface area contributed by atoms with Crippen LogP contribution in [0.4, 0.5) is 0 Å². The molecule has 3 heteroatoms. The van der Waals surface area contributed by atoms with Gasteiger partial charge in [0.25, 0.3) is 0 Å². The summed E-state index contributed by atoms with van der Waals surface area (Å²) in [6.07, 6.45) is 2.04. The van der Waals surface area contributed by atoms with E-state index in [9.17, 15) is 0 Å². The van der Waals surface area contributed by atoms with Crippen LogP contribution in [0.1, 0.15) is 28.2 Å². The molecule has 0 unspecified atom stereocenters. The van der Waals surface area contributed by atoms with E-state index in [1.165, 1.54) is 22.3 Å². The predicted molar refractivity (Wildman–Crippen MR) is 114 cm³/mol. The molecule has 0 aliphatic heterocycles. The minimum absolute atomic E-state index is 0. The largest absolute Gasteiger partial charge is 0.493 e. The summed E-state index contributed by atoms with van der Waals surface area (Å²) >= 11 is 0. The Bertz CT molecular complexity index is 848. The Morgan fingerprint density at radius 1 is 0.852 bits per heavy atom. The Balaban J connectivity index is 0.00000210. The zero-order valence-electron chi connectivity index (χ0n) is 15.6. The Hall–Kier alpha value is -2.29. The highest BCUT2D eigenvalue weighted by atomic mass is 35.5. The van der Waals surface area contributed by atoms with E-state index in [1.807, 2.05) is 7.05 Å². The number of hydrogen-bond acceptors (Lipinski definition) is 2. The lowest BCUT2D eigenvalue weighted by Crippen LogP contribution is -2.32. The average molecular weight is 380 g/mol. The van der Waals surface area contributed by atoms with Gasteiger partial charge in [0.15, 0.2) is 0 Å². The zero-order chi connectivity index (χ0) is 17.8. The summed E-state index contributed by atoms with van der Waals surface area (Å²) in [7, 11) is 2.04. The molecule has 0 heterocycles. The summed E-state index contributed by atoms with van der Waals surface area (Å²) in [5.41, 5.74) is 5.51. The van der Waals surface area contributed by atoms with E-state index in [0.717, 1.165) is 18.6 Å². The smallest absolute Gasteiger partial charge is 0.119 e. The quantitative estimate of drug-likeness (QED) is 0.650. The van der Waals surface area contributed by atoms with Crippen LogP contribution in [-0.2, 0) is 12.8 Å². The molecule has 2 nitrogen and oxygen atoms in total. The lowest BCUT2D eigenvalue weighted by atomic mass is 9.99. The second-order valence-electron chi connectivity index (χ2n) is 7.02. The predicted octanol–water partition coefficient (Wildman–Crippen LogP) is 5.01. The van der Waals surface area contributed by atoms with Crippen molar-refractivity contribution in [1.82, 2.24) is 5.32 Å². The van der Waals surface area contributed by atoms with Crippen LogP contribution >= 0.6 is 12.4 Å². The Morgan fingerprint density at radius 3 is 2.26 bits per heavy atom. The van der Waals surface area contributed by atoms with Crippen LogP contribution in [-0.4, -0.2) is 19.7 Å². The summed E-state index contributed by atoms with van der Waals surface area (Å²) in [6.45, 7) is 0.709. The number of fused-ring (bicyclic) bond motifs is 1. The van der Waals surface area contributed by atoms with E-state index in [-0.39, 0.29) is 12.4 Å². The summed E-state index contributed by atoms with van der Waals surface area (Å²) in [5, 5.41) is 3.45. The van der Waals surface area contributed by atoms with E-state index >= 15 is 0 Å². The zero-order valence-corrected chi connectivity index (χ0v) is 16.4. The number of nitrogens with one attached hydrogen (secondary N) is 1. The van der Waals surface area contributed by atoms with E-state index in [0.29, 0.717) is 18.6 Å². The molecule has 1 aliphatic carbocycles. The fourth-order valence-electron chi connectivity index (χ4n) is 3.91. The Labute approximate surface area is 168 Å². The van der Waals surface area contributed by atoms with Crippen molar-refractivity contribution in [3.63, 3.8) is 0 Å². The number of benzene rings is 3. The molecule has 0 fully saturated rings. The average Bonchev–Trinajstić information content (AvgIpc) is 3.06. The second-order valence-corrected chi connectivity index (χ2v) is 7.02. The maximum absolute atomic E-state index is 6.14. The molecule has 4 rings (SSSR count). The van der Waals surface area contributed by atoms with Gasteiger partial charge in [0.05, 0.1) is 6.61 Å². The second kappa shape index (κ2) is 9.07. The maximum Gasteiger partial charge on any atom is 0.119 e. The van der Waals surface area contributed by atoms with Crippen LogP contribution in [0.25, 0.3) is 0 Å². The van der Waals surface area contributed by atoms with Gasteiger partial charge >= 0.3 is 0 Å². The van der Waals surface area contributed by atoms with Gasteiger partial charge in [-0.25, -0.2) is 0 Å². The molecule has 1 N–H and O–H groups in total. The van der Waals surface area contributed by atoms with Gasteiger partial charge in [-0.15, -0.1) is 12.4 Å². The maximum atomic E-state index is 6.14. The van der Waals surface area contributed by atoms with Crippen LogP contribution in [0.15, 0.2) is 78.9 Å². The van der Waals surface area contributed by atoms with Crippen LogP contribution in [0.3, 0.4) is 0 Å². The topological polar surface area (TPSA) is 21.3 Å². The van der Waals surface area contributed by atoms with Gasteiger partial charge in [-0.2, -0.15) is 0 Å². The van der Waals surface area contributed by atoms with Crippen molar-refractivity contribution in [3.8, 4) is 5.75 Å². The molecule has 1 aliphatic rings. The molecule has 0 bridgehead atoms. The Morgan fingerprint density at radius 2 is 1.52 bits per heavy atom. The number of ether oxygens (including phenoxy) is 1. The van der Waals surface area contributed by atoms with Crippen molar-refractivity contribution < 1.29 is 4.74 Å². The lowest BCUT2D eigenvalue weighted by molar-refractivity contribution is 0.267. The van der Waals surface area contributed by atoms with Gasteiger partial charge in [0, 0.05) is 12.0 Å².